The second-order valence-corrected chi connectivity index (χ2v) is 5.11. The third-order valence-corrected chi connectivity index (χ3v) is 3.60. The Hall–Kier alpha value is -2.28. The van der Waals surface area contributed by atoms with Gasteiger partial charge in [-0.1, -0.05) is 23.4 Å². The van der Waals surface area contributed by atoms with E-state index in [0.29, 0.717) is 5.56 Å². The van der Waals surface area contributed by atoms with Crippen molar-refractivity contribution in [1.29, 1.82) is 0 Å². The summed E-state index contributed by atoms with van der Waals surface area (Å²) < 4.78 is 15.3. The average molecular weight is 289 g/mol. The summed E-state index contributed by atoms with van der Waals surface area (Å²) in [5.74, 6) is -0.696. The summed E-state index contributed by atoms with van der Waals surface area (Å²) in [6.45, 7) is 3.39. The first-order valence-corrected chi connectivity index (χ1v) is 6.83. The van der Waals surface area contributed by atoms with Gasteiger partial charge in [0.25, 0.3) is 5.91 Å². The molecule has 6 nitrogen and oxygen atoms in total. The number of hydrogen-bond acceptors (Lipinski definition) is 4. The molecule has 110 valence electrons. The normalized spacial score (nSPS) is 16.3. The van der Waals surface area contributed by atoms with Gasteiger partial charge in [-0.3, -0.25) is 4.79 Å². The monoisotopic (exact) mass is 289 g/mol. The molecule has 2 heterocycles. The molecule has 2 aromatic rings. The van der Waals surface area contributed by atoms with Gasteiger partial charge in [-0.2, -0.15) is 0 Å². The van der Waals surface area contributed by atoms with E-state index in [2.05, 4.69) is 20.9 Å². The van der Waals surface area contributed by atoms with Gasteiger partial charge >= 0.3 is 0 Å². The summed E-state index contributed by atoms with van der Waals surface area (Å²) in [6.07, 6.45) is 1.62. The van der Waals surface area contributed by atoms with Crippen molar-refractivity contribution >= 4 is 5.91 Å². The third-order valence-electron chi connectivity index (χ3n) is 3.60. The van der Waals surface area contributed by atoms with Crippen molar-refractivity contribution in [2.45, 2.75) is 19.0 Å². The van der Waals surface area contributed by atoms with Crippen LogP contribution in [-0.2, 0) is 0 Å². The molecular weight excluding hydrogens is 273 g/mol. The zero-order valence-electron chi connectivity index (χ0n) is 11.6. The van der Waals surface area contributed by atoms with E-state index in [0.717, 1.165) is 13.1 Å². The molecule has 1 aliphatic rings. The number of halogens is 1. The zero-order valence-corrected chi connectivity index (χ0v) is 11.6. The van der Waals surface area contributed by atoms with Gasteiger partial charge in [-0.25, -0.2) is 9.07 Å². The minimum atomic E-state index is -0.436. The largest absolute Gasteiger partial charge is 0.344 e. The molecule has 0 bridgehead atoms. The number of amides is 1. The maximum Gasteiger partial charge on any atom is 0.273 e. The summed E-state index contributed by atoms with van der Waals surface area (Å²) in [5, 5.41) is 13.7. The average Bonchev–Trinajstić information content (AvgIpc) is 2.86. The number of benzene rings is 1. The van der Waals surface area contributed by atoms with Crippen molar-refractivity contribution in [2.75, 3.05) is 13.1 Å². The van der Waals surface area contributed by atoms with Crippen molar-refractivity contribution in [3.63, 3.8) is 0 Å². The molecule has 1 fully saturated rings. The molecule has 0 aliphatic carbocycles. The molecule has 1 aromatic carbocycles. The Kier molecular flexibility index (Phi) is 3.66. The fraction of sp³-hybridized carbons (Fsp3) is 0.357. The SMILES string of the molecule is C[C@@H](NC(=O)c1cn(C2CNC2)nn1)c1ccccc1F. The Morgan fingerprint density at radius 1 is 1.48 bits per heavy atom. The number of rotatable bonds is 4. The molecule has 1 atom stereocenters. The van der Waals surface area contributed by atoms with Crippen LogP contribution < -0.4 is 10.6 Å². The lowest BCUT2D eigenvalue weighted by molar-refractivity contribution is 0.0934. The van der Waals surface area contributed by atoms with Crippen LogP contribution in [0.1, 0.15) is 35.1 Å². The lowest BCUT2D eigenvalue weighted by atomic mass is 10.1. The predicted octanol–water partition coefficient (Wildman–Crippen LogP) is 1.05. The standard InChI is InChI=1S/C14H16FN5O/c1-9(11-4-2-3-5-12(11)15)17-14(21)13-8-20(19-18-13)10-6-16-7-10/h2-5,8-10,16H,6-7H2,1H3,(H,17,21)/t9-/m1/s1. The van der Waals surface area contributed by atoms with E-state index in [1.54, 1.807) is 36.0 Å². The molecule has 3 rings (SSSR count). The molecule has 1 aliphatic heterocycles. The molecular formula is C14H16FN5O. The Labute approximate surface area is 121 Å². The van der Waals surface area contributed by atoms with Gasteiger partial charge in [0.15, 0.2) is 5.69 Å². The Morgan fingerprint density at radius 2 is 2.24 bits per heavy atom. The van der Waals surface area contributed by atoms with Crippen molar-refractivity contribution in [1.82, 2.24) is 25.6 Å². The molecule has 0 radical (unpaired) electrons. The molecule has 7 heteroatoms. The highest BCUT2D eigenvalue weighted by Crippen LogP contribution is 2.16. The first-order chi connectivity index (χ1) is 10.1. The van der Waals surface area contributed by atoms with Gasteiger partial charge < -0.3 is 10.6 Å². The lowest BCUT2D eigenvalue weighted by Gasteiger charge is -2.26. The fourth-order valence-corrected chi connectivity index (χ4v) is 2.19. The van der Waals surface area contributed by atoms with Crippen LogP contribution in [0.15, 0.2) is 30.5 Å². The van der Waals surface area contributed by atoms with Crippen LogP contribution in [-0.4, -0.2) is 34.0 Å². The van der Waals surface area contributed by atoms with Crippen molar-refractivity contribution in [2.24, 2.45) is 0 Å². The second-order valence-electron chi connectivity index (χ2n) is 5.11. The second kappa shape index (κ2) is 5.61. The fourth-order valence-electron chi connectivity index (χ4n) is 2.19. The first kappa shape index (κ1) is 13.7. The van der Waals surface area contributed by atoms with Crippen molar-refractivity contribution in [3.05, 3.63) is 47.5 Å². The zero-order chi connectivity index (χ0) is 14.8. The highest BCUT2D eigenvalue weighted by molar-refractivity contribution is 5.92. The maximum absolute atomic E-state index is 13.7. The van der Waals surface area contributed by atoms with Gasteiger partial charge in [-0.15, -0.1) is 5.10 Å². The minimum absolute atomic E-state index is 0.241. The highest BCUT2D eigenvalue weighted by atomic mass is 19.1. The lowest BCUT2D eigenvalue weighted by Crippen LogP contribution is -2.43. The van der Waals surface area contributed by atoms with E-state index in [1.807, 2.05) is 0 Å². The van der Waals surface area contributed by atoms with E-state index in [-0.39, 0.29) is 23.5 Å². The molecule has 1 amide bonds. The van der Waals surface area contributed by atoms with Crippen LogP contribution >= 0.6 is 0 Å². The minimum Gasteiger partial charge on any atom is -0.344 e. The first-order valence-electron chi connectivity index (χ1n) is 6.83. The molecule has 0 spiro atoms. The smallest absolute Gasteiger partial charge is 0.273 e. The Bertz CT molecular complexity index is 652. The molecule has 0 unspecified atom stereocenters. The molecule has 0 saturated carbocycles. The van der Waals surface area contributed by atoms with Crippen LogP contribution in [0.25, 0.3) is 0 Å². The van der Waals surface area contributed by atoms with Crippen LogP contribution in [0.3, 0.4) is 0 Å². The Balaban J connectivity index is 1.68. The number of nitrogens with zero attached hydrogens (tertiary/aromatic N) is 3. The van der Waals surface area contributed by atoms with E-state index < -0.39 is 6.04 Å². The maximum atomic E-state index is 13.7. The number of aromatic nitrogens is 3. The van der Waals surface area contributed by atoms with E-state index in [1.165, 1.54) is 6.07 Å². The highest BCUT2D eigenvalue weighted by Gasteiger charge is 2.22. The van der Waals surface area contributed by atoms with Crippen molar-refractivity contribution in [3.8, 4) is 0 Å². The number of hydrogen-bond donors (Lipinski definition) is 2. The summed E-state index contributed by atoms with van der Waals surface area (Å²) in [5.41, 5.74) is 0.687. The van der Waals surface area contributed by atoms with E-state index >= 15 is 0 Å². The van der Waals surface area contributed by atoms with E-state index in [4.69, 9.17) is 0 Å². The van der Waals surface area contributed by atoms with Crippen LogP contribution in [0.5, 0.6) is 0 Å². The van der Waals surface area contributed by atoms with Gasteiger partial charge in [0, 0.05) is 18.7 Å². The molecule has 1 aromatic heterocycles. The van der Waals surface area contributed by atoms with Gasteiger partial charge in [-0.05, 0) is 13.0 Å². The molecule has 21 heavy (non-hydrogen) atoms. The summed E-state index contributed by atoms with van der Waals surface area (Å²) in [7, 11) is 0. The summed E-state index contributed by atoms with van der Waals surface area (Å²) >= 11 is 0. The quantitative estimate of drug-likeness (QED) is 0.882. The number of nitrogens with one attached hydrogen (secondary N) is 2. The number of carbonyl (C=O) groups is 1. The van der Waals surface area contributed by atoms with Gasteiger partial charge in [0.2, 0.25) is 0 Å². The van der Waals surface area contributed by atoms with Gasteiger partial charge in [0.05, 0.1) is 18.3 Å². The van der Waals surface area contributed by atoms with Gasteiger partial charge in [0.1, 0.15) is 5.82 Å². The van der Waals surface area contributed by atoms with Crippen LogP contribution in [0.4, 0.5) is 4.39 Å². The van der Waals surface area contributed by atoms with E-state index in [9.17, 15) is 9.18 Å². The number of carbonyl (C=O) groups excluding carboxylic acids is 1. The predicted molar refractivity (Wildman–Crippen MR) is 74.2 cm³/mol. The topological polar surface area (TPSA) is 71.8 Å². The summed E-state index contributed by atoms with van der Waals surface area (Å²) in [4.78, 5) is 12.1. The van der Waals surface area contributed by atoms with Crippen LogP contribution in [0.2, 0.25) is 0 Å². The van der Waals surface area contributed by atoms with Crippen LogP contribution in [0, 0.1) is 5.82 Å². The molecule has 1 saturated heterocycles. The van der Waals surface area contributed by atoms with Crippen molar-refractivity contribution < 1.29 is 9.18 Å². The third kappa shape index (κ3) is 2.78. The molecule has 2 N–H and O–H groups in total. The Morgan fingerprint density at radius 3 is 2.90 bits per heavy atom. The summed E-state index contributed by atoms with van der Waals surface area (Å²) in [6, 6.07) is 6.19.